The van der Waals surface area contributed by atoms with Gasteiger partial charge >= 0.3 is 0 Å². The largest absolute Gasteiger partial charge is 0.391 e. The van der Waals surface area contributed by atoms with E-state index in [2.05, 4.69) is 10.3 Å². The van der Waals surface area contributed by atoms with Gasteiger partial charge in [0.1, 0.15) is 12.1 Å². The Labute approximate surface area is 219 Å². The second kappa shape index (κ2) is 10.4. The summed E-state index contributed by atoms with van der Waals surface area (Å²) >= 11 is 1.56. The molecule has 8 nitrogen and oxygen atoms in total. The number of thiazole rings is 1. The number of aliphatic hydroxyl groups excluding tert-OH is 1. The summed E-state index contributed by atoms with van der Waals surface area (Å²) in [7, 11) is 0. The van der Waals surface area contributed by atoms with E-state index in [1.807, 2.05) is 62.5 Å². The SMILES string of the molecule is CC(C)C(C(=O)N1C[C@H](O)C[C@H]1C(=O)NCc1ccc(-c2cncs2)cc1)N1Cc2ccccc2C1=O. The first-order valence-corrected chi connectivity index (χ1v) is 13.3. The molecule has 0 aliphatic carbocycles. The van der Waals surface area contributed by atoms with E-state index in [-0.39, 0.29) is 36.6 Å². The van der Waals surface area contributed by atoms with Crippen molar-refractivity contribution in [2.45, 2.75) is 51.5 Å². The molecule has 2 N–H and O–H groups in total. The van der Waals surface area contributed by atoms with E-state index in [1.54, 1.807) is 27.8 Å². The molecule has 3 aromatic rings. The maximum Gasteiger partial charge on any atom is 0.255 e. The fourth-order valence-electron chi connectivity index (χ4n) is 5.21. The number of rotatable bonds is 7. The molecule has 1 fully saturated rings. The molecule has 2 aliphatic rings. The van der Waals surface area contributed by atoms with Gasteiger partial charge in [-0.05, 0) is 28.7 Å². The Bertz CT molecular complexity index is 1290. The van der Waals surface area contributed by atoms with Crippen molar-refractivity contribution in [3.05, 3.63) is 76.9 Å². The van der Waals surface area contributed by atoms with Crippen LogP contribution in [0, 0.1) is 5.92 Å². The molecule has 192 valence electrons. The smallest absolute Gasteiger partial charge is 0.255 e. The lowest BCUT2D eigenvalue weighted by atomic mass is 10.0. The maximum atomic E-state index is 13.8. The lowest BCUT2D eigenvalue weighted by Gasteiger charge is -2.35. The lowest BCUT2D eigenvalue weighted by Crippen LogP contribution is -2.55. The van der Waals surface area contributed by atoms with Crippen LogP contribution in [0.1, 0.15) is 41.8 Å². The van der Waals surface area contributed by atoms with Crippen LogP contribution >= 0.6 is 11.3 Å². The van der Waals surface area contributed by atoms with Gasteiger partial charge < -0.3 is 20.2 Å². The zero-order valence-corrected chi connectivity index (χ0v) is 21.6. The van der Waals surface area contributed by atoms with Gasteiger partial charge in [-0.25, -0.2) is 0 Å². The van der Waals surface area contributed by atoms with Gasteiger partial charge in [-0.3, -0.25) is 19.4 Å². The van der Waals surface area contributed by atoms with Crippen LogP contribution in [0.25, 0.3) is 10.4 Å². The number of aliphatic hydroxyl groups is 1. The van der Waals surface area contributed by atoms with Gasteiger partial charge in [0.05, 0.1) is 16.5 Å². The molecule has 1 aromatic heterocycles. The predicted octanol–water partition coefficient (Wildman–Crippen LogP) is 3.07. The van der Waals surface area contributed by atoms with Crippen LogP contribution in [0.3, 0.4) is 0 Å². The number of β-amino-alcohol motifs (C(OH)–C–C–N with tert-alkyl or cyclic N) is 1. The molecule has 3 atom stereocenters. The minimum absolute atomic E-state index is 0.0681. The van der Waals surface area contributed by atoms with E-state index in [0.29, 0.717) is 18.7 Å². The van der Waals surface area contributed by atoms with E-state index in [0.717, 1.165) is 21.6 Å². The Balaban J connectivity index is 1.27. The van der Waals surface area contributed by atoms with E-state index in [4.69, 9.17) is 0 Å². The highest BCUT2D eigenvalue weighted by Crippen LogP contribution is 2.30. The number of hydrogen-bond acceptors (Lipinski definition) is 6. The number of nitrogens with one attached hydrogen (secondary N) is 1. The van der Waals surface area contributed by atoms with Crippen molar-refractivity contribution in [1.29, 1.82) is 0 Å². The number of likely N-dealkylation sites (tertiary alicyclic amines) is 1. The zero-order chi connectivity index (χ0) is 26.1. The van der Waals surface area contributed by atoms with E-state index >= 15 is 0 Å². The van der Waals surface area contributed by atoms with Crippen molar-refractivity contribution in [3.8, 4) is 10.4 Å². The average Bonchev–Trinajstić information content (AvgIpc) is 3.63. The number of carbonyl (C=O) groups excluding carboxylic acids is 3. The van der Waals surface area contributed by atoms with Gasteiger partial charge in [0.2, 0.25) is 11.8 Å². The van der Waals surface area contributed by atoms with Crippen LogP contribution < -0.4 is 5.32 Å². The first-order valence-electron chi connectivity index (χ1n) is 12.5. The summed E-state index contributed by atoms with van der Waals surface area (Å²) in [6.45, 7) is 4.53. The molecule has 0 saturated carbocycles. The Hall–Kier alpha value is -3.56. The molecule has 2 aromatic carbocycles. The first-order chi connectivity index (χ1) is 17.8. The number of fused-ring (bicyclic) bond motifs is 1. The van der Waals surface area contributed by atoms with Gasteiger partial charge in [-0.1, -0.05) is 56.3 Å². The number of carbonyl (C=O) groups is 3. The molecule has 3 amide bonds. The third-order valence-corrected chi connectivity index (χ3v) is 7.89. The van der Waals surface area contributed by atoms with Crippen molar-refractivity contribution in [2.24, 2.45) is 5.92 Å². The summed E-state index contributed by atoms with van der Waals surface area (Å²) in [5.41, 5.74) is 5.28. The van der Waals surface area contributed by atoms with Gasteiger partial charge in [-0.15, -0.1) is 11.3 Å². The van der Waals surface area contributed by atoms with Crippen molar-refractivity contribution in [1.82, 2.24) is 20.1 Å². The maximum absolute atomic E-state index is 13.8. The molecule has 5 rings (SSSR count). The highest BCUT2D eigenvalue weighted by atomic mass is 32.1. The molecular formula is C28H30N4O4S. The highest BCUT2D eigenvalue weighted by Gasteiger charge is 2.45. The molecule has 0 bridgehead atoms. The third kappa shape index (κ3) is 5.01. The van der Waals surface area contributed by atoms with Crippen LogP contribution in [0.2, 0.25) is 0 Å². The van der Waals surface area contributed by atoms with E-state index in [9.17, 15) is 19.5 Å². The number of benzene rings is 2. The number of hydrogen-bond donors (Lipinski definition) is 2. The zero-order valence-electron chi connectivity index (χ0n) is 20.8. The average molecular weight is 519 g/mol. The molecule has 2 aliphatic heterocycles. The quantitative estimate of drug-likeness (QED) is 0.501. The number of nitrogens with zero attached hydrogens (tertiary/aromatic N) is 3. The fraction of sp³-hybridized carbons (Fsp3) is 0.357. The monoisotopic (exact) mass is 518 g/mol. The van der Waals surface area contributed by atoms with Gasteiger partial charge in [0.15, 0.2) is 0 Å². The Morgan fingerprint density at radius 1 is 1.16 bits per heavy atom. The van der Waals surface area contributed by atoms with Crippen LogP contribution in [-0.2, 0) is 22.7 Å². The molecule has 37 heavy (non-hydrogen) atoms. The second-order valence-corrected chi connectivity index (χ2v) is 10.8. The summed E-state index contributed by atoms with van der Waals surface area (Å²) in [6.07, 6.45) is 1.19. The van der Waals surface area contributed by atoms with E-state index < -0.39 is 18.2 Å². The highest BCUT2D eigenvalue weighted by molar-refractivity contribution is 7.13. The van der Waals surface area contributed by atoms with Crippen molar-refractivity contribution in [2.75, 3.05) is 6.54 Å². The van der Waals surface area contributed by atoms with Crippen LogP contribution in [0.4, 0.5) is 0 Å². The number of amides is 3. The molecule has 0 spiro atoms. The van der Waals surface area contributed by atoms with Crippen LogP contribution in [-0.4, -0.2) is 62.3 Å². The fourth-order valence-corrected chi connectivity index (χ4v) is 5.84. The third-order valence-electron chi connectivity index (χ3n) is 7.07. The normalized spacial score (nSPS) is 19.8. The predicted molar refractivity (Wildman–Crippen MR) is 140 cm³/mol. The molecular weight excluding hydrogens is 488 g/mol. The second-order valence-electron chi connectivity index (χ2n) is 9.96. The summed E-state index contributed by atoms with van der Waals surface area (Å²) in [5.74, 6) is -0.953. The minimum atomic E-state index is -0.794. The summed E-state index contributed by atoms with van der Waals surface area (Å²) < 4.78 is 0. The Morgan fingerprint density at radius 2 is 1.92 bits per heavy atom. The van der Waals surface area contributed by atoms with Gasteiger partial charge in [0, 0.05) is 37.8 Å². The van der Waals surface area contributed by atoms with Gasteiger partial charge in [-0.2, -0.15) is 0 Å². The van der Waals surface area contributed by atoms with Gasteiger partial charge in [0.25, 0.3) is 5.91 Å². The standard InChI is InChI=1S/C28H30N4O4S/c1-17(2)25(32-14-20-5-3-4-6-22(20)27(32)35)28(36)31-15-21(33)11-23(31)26(34)30-12-18-7-9-19(10-8-18)24-13-29-16-37-24/h3-10,13,16-17,21,23,25,33H,11-12,14-15H2,1-2H3,(H,30,34)/t21-,23+,25?/m1/s1. The van der Waals surface area contributed by atoms with Crippen molar-refractivity contribution < 1.29 is 19.5 Å². The topological polar surface area (TPSA) is 103 Å². The first kappa shape index (κ1) is 25.1. The van der Waals surface area contributed by atoms with Crippen LogP contribution in [0.15, 0.2) is 60.2 Å². The minimum Gasteiger partial charge on any atom is -0.391 e. The van der Waals surface area contributed by atoms with Crippen molar-refractivity contribution in [3.63, 3.8) is 0 Å². The van der Waals surface area contributed by atoms with E-state index in [1.165, 1.54) is 4.90 Å². The molecule has 1 unspecified atom stereocenters. The van der Waals surface area contributed by atoms with Crippen molar-refractivity contribution >= 4 is 29.1 Å². The number of aromatic nitrogens is 1. The lowest BCUT2D eigenvalue weighted by molar-refractivity contribution is -0.143. The Kier molecular flexibility index (Phi) is 7.08. The van der Waals surface area contributed by atoms with Crippen LogP contribution in [0.5, 0.6) is 0 Å². The summed E-state index contributed by atoms with van der Waals surface area (Å²) in [6, 6.07) is 13.7. The molecule has 0 radical (unpaired) electrons. The molecule has 9 heteroatoms. The molecule has 1 saturated heterocycles. The molecule has 3 heterocycles. The Morgan fingerprint density at radius 3 is 2.59 bits per heavy atom. The summed E-state index contributed by atoms with van der Waals surface area (Å²) in [4.78, 5) is 48.3. The summed E-state index contributed by atoms with van der Waals surface area (Å²) in [5, 5.41) is 13.3.